The summed E-state index contributed by atoms with van der Waals surface area (Å²) in [4.78, 5) is 37.0. The molecule has 136 valence electrons. The lowest BCUT2D eigenvalue weighted by molar-refractivity contribution is -0.152. The maximum absolute atomic E-state index is 12.8. The smallest absolute Gasteiger partial charge is 0.326 e. The van der Waals surface area contributed by atoms with Crippen molar-refractivity contribution in [3.8, 4) is 5.75 Å². The zero-order chi connectivity index (χ0) is 18.7. The van der Waals surface area contributed by atoms with Crippen LogP contribution in [0.5, 0.6) is 5.75 Å². The summed E-state index contributed by atoms with van der Waals surface area (Å²) in [6.45, 7) is 5.35. The van der Waals surface area contributed by atoms with Crippen molar-refractivity contribution in [1.29, 1.82) is 0 Å². The molecule has 2 atom stereocenters. The fourth-order valence-electron chi connectivity index (χ4n) is 3.01. The molecule has 2 rings (SSSR count). The summed E-state index contributed by atoms with van der Waals surface area (Å²) in [6, 6.07) is 2.90. The number of aliphatic carboxylic acids is 1. The number of carboxylic acid groups (broad SMARTS) is 1. The number of aryl methyl sites for hydroxylation is 1. The Morgan fingerprint density at radius 1 is 1.36 bits per heavy atom. The molecule has 1 N–H and O–H groups in total. The first-order valence-corrected chi connectivity index (χ1v) is 9.06. The Labute approximate surface area is 151 Å². The van der Waals surface area contributed by atoms with Crippen LogP contribution in [0, 0.1) is 12.8 Å². The van der Waals surface area contributed by atoms with Gasteiger partial charge in [-0.2, -0.15) is 0 Å². The number of thioether (sulfide) groups is 1. The number of hydrogen-bond acceptors (Lipinski definition) is 5. The van der Waals surface area contributed by atoms with Crippen LogP contribution in [0.4, 0.5) is 0 Å². The van der Waals surface area contributed by atoms with E-state index in [0.29, 0.717) is 11.5 Å². The number of carbonyl (C=O) groups excluding carboxylic acids is 2. The molecule has 1 aliphatic rings. The van der Waals surface area contributed by atoms with Gasteiger partial charge in [0, 0.05) is 31.6 Å². The number of ether oxygens (including phenoxy) is 1. The molecule has 0 bridgehead atoms. The molecule has 1 aliphatic heterocycles. The first-order valence-electron chi connectivity index (χ1n) is 8.07. The topological polar surface area (TPSA) is 83.9 Å². The molecule has 1 aromatic carbocycles. The molecule has 7 heteroatoms. The predicted molar refractivity (Wildman–Crippen MR) is 95.7 cm³/mol. The van der Waals surface area contributed by atoms with Gasteiger partial charge in [0.25, 0.3) is 0 Å². The third-order valence-corrected chi connectivity index (χ3v) is 5.45. The molecule has 0 aromatic heterocycles. The van der Waals surface area contributed by atoms with Gasteiger partial charge >= 0.3 is 5.97 Å². The lowest BCUT2D eigenvalue weighted by atomic mass is 9.91. The summed E-state index contributed by atoms with van der Waals surface area (Å²) in [5, 5.41) is 9.53. The van der Waals surface area contributed by atoms with E-state index in [9.17, 15) is 19.5 Å². The van der Waals surface area contributed by atoms with E-state index in [1.165, 1.54) is 11.8 Å². The van der Waals surface area contributed by atoms with Gasteiger partial charge in [-0.05, 0) is 29.7 Å². The van der Waals surface area contributed by atoms with E-state index in [-0.39, 0.29) is 24.0 Å². The molecule has 0 saturated heterocycles. The van der Waals surface area contributed by atoms with Crippen molar-refractivity contribution >= 4 is 28.8 Å². The molecular weight excluding hydrogens is 342 g/mol. The summed E-state index contributed by atoms with van der Waals surface area (Å²) in [5.41, 5.74) is 2.78. The molecule has 6 nitrogen and oxygen atoms in total. The van der Waals surface area contributed by atoms with Crippen molar-refractivity contribution in [2.24, 2.45) is 5.92 Å². The number of methoxy groups -OCH3 is 1. The minimum Gasteiger partial charge on any atom is -0.496 e. The van der Waals surface area contributed by atoms with Crippen molar-refractivity contribution in [3.05, 3.63) is 28.8 Å². The van der Waals surface area contributed by atoms with E-state index in [1.807, 2.05) is 19.1 Å². The highest BCUT2D eigenvalue weighted by atomic mass is 32.2. The molecule has 1 amide bonds. The van der Waals surface area contributed by atoms with Gasteiger partial charge in [-0.1, -0.05) is 24.8 Å². The van der Waals surface area contributed by atoms with Crippen molar-refractivity contribution in [3.63, 3.8) is 0 Å². The first-order chi connectivity index (χ1) is 11.7. The van der Waals surface area contributed by atoms with E-state index in [2.05, 4.69) is 0 Å². The normalized spacial score (nSPS) is 17.6. The third-order valence-electron chi connectivity index (χ3n) is 4.37. The van der Waals surface area contributed by atoms with Gasteiger partial charge in [0.05, 0.1) is 7.11 Å². The molecule has 0 fully saturated rings. The monoisotopic (exact) mass is 365 g/mol. The minimum atomic E-state index is -1.02. The maximum Gasteiger partial charge on any atom is 0.326 e. The molecular formula is C18H23NO5S. The second kappa shape index (κ2) is 7.91. The quantitative estimate of drug-likeness (QED) is 0.862. The van der Waals surface area contributed by atoms with E-state index in [0.717, 1.165) is 28.5 Å². The summed E-state index contributed by atoms with van der Waals surface area (Å²) < 4.78 is 5.31. The standard InChI is InChI=1S/C18H23NO5S/c1-10-5-14-8-19(17(21)11(2)9-25-12(3)20)15(18(22)23)6-13(14)7-16(10)24-4/h5,7,11,15H,6,8-9H2,1-4H3,(H,22,23). The van der Waals surface area contributed by atoms with Gasteiger partial charge in [0.1, 0.15) is 11.8 Å². The number of benzene rings is 1. The number of carboxylic acids is 1. The highest BCUT2D eigenvalue weighted by Crippen LogP contribution is 2.31. The Morgan fingerprint density at radius 3 is 2.60 bits per heavy atom. The highest BCUT2D eigenvalue weighted by molar-refractivity contribution is 8.13. The van der Waals surface area contributed by atoms with Crippen molar-refractivity contribution in [1.82, 2.24) is 4.90 Å². The number of nitrogens with zero attached hydrogens (tertiary/aromatic N) is 1. The van der Waals surface area contributed by atoms with Crippen LogP contribution in [0.25, 0.3) is 0 Å². The van der Waals surface area contributed by atoms with Crippen LogP contribution < -0.4 is 4.74 Å². The molecule has 0 spiro atoms. The lowest BCUT2D eigenvalue weighted by Crippen LogP contribution is -2.50. The van der Waals surface area contributed by atoms with Crippen LogP contribution in [-0.4, -0.2) is 45.9 Å². The average molecular weight is 365 g/mol. The zero-order valence-electron chi connectivity index (χ0n) is 14.9. The van der Waals surface area contributed by atoms with Gasteiger partial charge < -0.3 is 14.7 Å². The Kier molecular flexibility index (Phi) is 6.11. The van der Waals surface area contributed by atoms with Gasteiger partial charge in [0.15, 0.2) is 5.12 Å². The highest BCUT2D eigenvalue weighted by Gasteiger charge is 2.36. The van der Waals surface area contributed by atoms with Crippen LogP contribution in [0.15, 0.2) is 12.1 Å². The second-order valence-electron chi connectivity index (χ2n) is 6.32. The number of amides is 1. The summed E-state index contributed by atoms with van der Waals surface area (Å²) in [5.74, 6) is -0.610. The summed E-state index contributed by atoms with van der Waals surface area (Å²) >= 11 is 1.08. The zero-order valence-corrected chi connectivity index (χ0v) is 15.7. The van der Waals surface area contributed by atoms with Gasteiger partial charge in [-0.25, -0.2) is 4.79 Å². The average Bonchev–Trinajstić information content (AvgIpc) is 2.57. The van der Waals surface area contributed by atoms with Crippen molar-refractivity contribution in [2.75, 3.05) is 12.9 Å². The third kappa shape index (κ3) is 4.34. The molecule has 0 aliphatic carbocycles. The lowest BCUT2D eigenvalue weighted by Gasteiger charge is -2.36. The summed E-state index contributed by atoms with van der Waals surface area (Å²) in [7, 11) is 1.58. The van der Waals surface area contributed by atoms with Crippen LogP contribution in [0.3, 0.4) is 0 Å². The van der Waals surface area contributed by atoms with Crippen LogP contribution in [-0.2, 0) is 27.3 Å². The number of rotatable bonds is 5. The van der Waals surface area contributed by atoms with E-state index < -0.39 is 17.9 Å². The Hall–Kier alpha value is -2.02. The predicted octanol–water partition coefficient (Wildman–Crippen LogP) is 2.26. The fourth-order valence-corrected chi connectivity index (χ4v) is 3.64. The molecule has 1 heterocycles. The molecule has 25 heavy (non-hydrogen) atoms. The van der Waals surface area contributed by atoms with E-state index in [4.69, 9.17) is 4.74 Å². The van der Waals surface area contributed by atoms with Gasteiger partial charge in [0.2, 0.25) is 5.91 Å². The molecule has 0 radical (unpaired) electrons. The van der Waals surface area contributed by atoms with Crippen LogP contribution >= 0.6 is 11.8 Å². The fraction of sp³-hybridized carbons (Fsp3) is 0.500. The minimum absolute atomic E-state index is 0.0545. The number of carbonyl (C=O) groups is 3. The van der Waals surface area contributed by atoms with Crippen LogP contribution in [0.2, 0.25) is 0 Å². The van der Waals surface area contributed by atoms with Crippen LogP contribution in [0.1, 0.15) is 30.5 Å². The Balaban J connectivity index is 2.28. The van der Waals surface area contributed by atoms with Gasteiger partial charge in [-0.3, -0.25) is 9.59 Å². The van der Waals surface area contributed by atoms with Gasteiger partial charge in [-0.15, -0.1) is 0 Å². The Morgan fingerprint density at radius 2 is 2.04 bits per heavy atom. The van der Waals surface area contributed by atoms with E-state index >= 15 is 0 Å². The molecule has 0 saturated carbocycles. The summed E-state index contributed by atoms with van der Waals surface area (Å²) in [6.07, 6.45) is 0.250. The van der Waals surface area contributed by atoms with Crippen molar-refractivity contribution in [2.45, 2.75) is 39.8 Å². The molecule has 2 unspecified atom stereocenters. The Bertz CT molecular complexity index is 703. The second-order valence-corrected chi connectivity index (χ2v) is 7.52. The van der Waals surface area contributed by atoms with Crippen molar-refractivity contribution < 1.29 is 24.2 Å². The molecule has 1 aromatic rings. The number of hydrogen-bond donors (Lipinski definition) is 1. The maximum atomic E-state index is 12.8. The largest absolute Gasteiger partial charge is 0.496 e. The first kappa shape index (κ1) is 19.3. The van der Waals surface area contributed by atoms with E-state index in [1.54, 1.807) is 14.0 Å². The number of fused-ring (bicyclic) bond motifs is 1. The SMILES string of the molecule is COc1cc2c(cc1C)CN(C(=O)C(C)CSC(C)=O)C(C(=O)O)C2.